The van der Waals surface area contributed by atoms with Gasteiger partial charge >= 0.3 is 5.97 Å². The lowest BCUT2D eigenvalue weighted by atomic mass is 9.85. The molecule has 6 nitrogen and oxygen atoms in total. The summed E-state index contributed by atoms with van der Waals surface area (Å²) >= 11 is 0. The van der Waals surface area contributed by atoms with E-state index in [-0.39, 0.29) is 19.2 Å². The summed E-state index contributed by atoms with van der Waals surface area (Å²) in [6.07, 6.45) is 9.53. The van der Waals surface area contributed by atoms with Crippen LogP contribution in [0.4, 0.5) is 0 Å². The molecule has 0 aliphatic carbocycles. The Bertz CT molecular complexity index is 404. The van der Waals surface area contributed by atoms with E-state index in [4.69, 9.17) is 14.2 Å². The lowest BCUT2D eigenvalue weighted by Gasteiger charge is -2.45. The van der Waals surface area contributed by atoms with E-state index < -0.39 is 23.9 Å². The predicted octanol–water partition coefficient (Wildman–Crippen LogP) is 2.73. The van der Waals surface area contributed by atoms with Crippen LogP contribution >= 0.6 is 0 Å². The fourth-order valence-electron chi connectivity index (χ4n) is 3.78. The molecule has 2 fully saturated rings. The summed E-state index contributed by atoms with van der Waals surface area (Å²) < 4.78 is 16.5. The molecule has 0 aromatic rings. The van der Waals surface area contributed by atoms with E-state index in [2.05, 4.69) is 6.92 Å². The van der Waals surface area contributed by atoms with Gasteiger partial charge in [-0.3, -0.25) is 4.79 Å². The molecule has 2 heterocycles. The number of esters is 1. The highest BCUT2D eigenvalue weighted by molar-refractivity contribution is 5.69. The van der Waals surface area contributed by atoms with Crippen molar-refractivity contribution in [3.63, 3.8) is 0 Å². The van der Waals surface area contributed by atoms with Crippen LogP contribution in [-0.2, 0) is 19.0 Å². The Morgan fingerprint density at radius 3 is 2.27 bits per heavy atom. The number of rotatable bonds is 13. The third-order valence-electron chi connectivity index (χ3n) is 5.58. The first-order valence-corrected chi connectivity index (χ1v) is 10.4. The topological polar surface area (TPSA) is 85.2 Å². The van der Waals surface area contributed by atoms with Crippen molar-refractivity contribution in [2.24, 2.45) is 0 Å². The van der Waals surface area contributed by atoms with Crippen LogP contribution in [0.2, 0.25) is 0 Å². The van der Waals surface area contributed by atoms with Crippen molar-refractivity contribution < 1.29 is 29.2 Å². The van der Waals surface area contributed by atoms with Crippen molar-refractivity contribution in [1.82, 2.24) is 0 Å². The number of ether oxygens (including phenoxy) is 3. The fourth-order valence-corrected chi connectivity index (χ4v) is 3.78. The zero-order valence-corrected chi connectivity index (χ0v) is 16.2. The Labute approximate surface area is 157 Å². The van der Waals surface area contributed by atoms with Crippen LogP contribution in [0, 0.1) is 0 Å². The van der Waals surface area contributed by atoms with Gasteiger partial charge in [-0.15, -0.1) is 0 Å². The molecule has 0 amide bonds. The van der Waals surface area contributed by atoms with Gasteiger partial charge < -0.3 is 24.4 Å². The minimum atomic E-state index is -0.861. The van der Waals surface area contributed by atoms with Gasteiger partial charge in [-0.2, -0.15) is 0 Å². The highest BCUT2D eigenvalue weighted by Gasteiger charge is 2.55. The Kier molecular flexibility index (Phi) is 9.33. The highest BCUT2D eigenvalue weighted by Crippen LogP contribution is 2.38. The Balaban J connectivity index is 1.61. The molecular weight excluding hydrogens is 336 g/mol. The van der Waals surface area contributed by atoms with Crippen molar-refractivity contribution in [3.05, 3.63) is 0 Å². The maximum atomic E-state index is 12.1. The largest absolute Gasteiger partial charge is 0.457 e. The van der Waals surface area contributed by atoms with Crippen LogP contribution in [0.15, 0.2) is 0 Å². The first-order chi connectivity index (χ1) is 12.6. The molecule has 26 heavy (non-hydrogen) atoms. The summed E-state index contributed by atoms with van der Waals surface area (Å²) in [6.45, 7) is 2.68. The number of carbonyl (C=O) groups excluding carboxylic acids is 1. The van der Waals surface area contributed by atoms with Crippen molar-refractivity contribution in [3.8, 4) is 0 Å². The number of hydrogen-bond donors (Lipinski definition) is 2. The molecule has 2 rings (SSSR count). The average Bonchev–Trinajstić information content (AvgIpc) is 2.94. The average molecular weight is 373 g/mol. The zero-order chi connectivity index (χ0) is 18.8. The van der Waals surface area contributed by atoms with E-state index in [1.165, 1.54) is 38.5 Å². The molecule has 0 unspecified atom stereocenters. The lowest BCUT2D eigenvalue weighted by Crippen LogP contribution is -2.60. The molecule has 0 aromatic carbocycles. The molecule has 2 aliphatic heterocycles. The first kappa shape index (κ1) is 21.6. The van der Waals surface area contributed by atoms with Crippen molar-refractivity contribution in [1.29, 1.82) is 0 Å². The molecule has 0 radical (unpaired) electrons. The normalized spacial score (nSPS) is 31.0. The van der Waals surface area contributed by atoms with Crippen molar-refractivity contribution >= 4 is 5.97 Å². The summed E-state index contributed by atoms with van der Waals surface area (Å²) in [7, 11) is 0. The smallest absolute Gasteiger partial charge is 0.306 e. The van der Waals surface area contributed by atoms with Gasteiger partial charge in [-0.1, -0.05) is 58.3 Å². The fraction of sp³-hybridized carbons (Fsp3) is 0.950. The Morgan fingerprint density at radius 2 is 1.73 bits per heavy atom. The third-order valence-corrected chi connectivity index (χ3v) is 5.58. The summed E-state index contributed by atoms with van der Waals surface area (Å²) in [5.41, 5.74) is -0.833. The SMILES string of the molecule is CCCCCCCCCCCC(=O)O[C@@H]1[C@@H](O)CO[C@@H]1[C@]1(CO)CCO1. The van der Waals surface area contributed by atoms with Gasteiger partial charge in [0.1, 0.15) is 17.8 Å². The number of aliphatic hydroxyl groups is 2. The third kappa shape index (κ3) is 5.91. The zero-order valence-electron chi connectivity index (χ0n) is 16.2. The number of unbranched alkanes of at least 4 members (excludes halogenated alkanes) is 8. The minimum Gasteiger partial charge on any atom is -0.457 e. The van der Waals surface area contributed by atoms with E-state index in [0.717, 1.165) is 19.3 Å². The Hall–Kier alpha value is -0.690. The summed E-state index contributed by atoms with van der Waals surface area (Å²) in [4.78, 5) is 12.1. The van der Waals surface area contributed by atoms with Gasteiger partial charge in [-0.05, 0) is 6.42 Å². The van der Waals surface area contributed by atoms with Crippen molar-refractivity contribution in [2.75, 3.05) is 19.8 Å². The maximum absolute atomic E-state index is 12.1. The van der Waals surface area contributed by atoms with E-state index in [1.807, 2.05) is 0 Å². The second-order valence-corrected chi connectivity index (χ2v) is 7.68. The van der Waals surface area contributed by atoms with Gasteiger partial charge in [0.25, 0.3) is 0 Å². The number of aliphatic hydroxyl groups excluding tert-OH is 2. The standard InChI is InChI=1S/C20H36O6/c1-2-3-4-5-6-7-8-9-10-11-17(23)26-18-16(22)14-24-19(18)20(15-21)12-13-25-20/h16,18-19,21-22H,2-15H2,1H3/t16-,18+,19-,20+/m0/s1. The van der Waals surface area contributed by atoms with E-state index in [0.29, 0.717) is 19.4 Å². The predicted molar refractivity (Wildman–Crippen MR) is 97.9 cm³/mol. The van der Waals surface area contributed by atoms with Crippen LogP contribution in [-0.4, -0.2) is 59.9 Å². The monoisotopic (exact) mass is 372 g/mol. The molecule has 2 saturated heterocycles. The molecular formula is C20H36O6. The van der Waals surface area contributed by atoms with Gasteiger partial charge in [0.15, 0.2) is 6.10 Å². The maximum Gasteiger partial charge on any atom is 0.306 e. The van der Waals surface area contributed by atoms with Crippen LogP contribution in [0.3, 0.4) is 0 Å². The molecule has 0 saturated carbocycles. The van der Waals surface area contributed by atoms with E-state index in [9.17, 15) is 15.0 Å². The highest BCUT2D eigenvalue weighted by atomic mass is 16.6. The van der Waals surface area contributed by atoms with Gasteiger partial charge in [0.2, 0.25) is 0 Å². The first-order valence-electron chi connectivity index (χ1n) is 10.4. The van der Waals surface area contributed by atoms with E-state index in [1.54, 1.807) is 0 Å². The molecule has 4 atom stereocenters. The van der Waals surface area contributed by atoms with Gasteiger partial charge in [0, 0.05) is 12.8 Å². The number of hydrogen-bond acceptors (Lipinski definition) is 6. The van der Waals surface area contributed by atoms with Crippen LogP contribution in [0.25, 0.3) is 0 Å². The summed E-state index contributed by atoms with van der Waals surface area (Å²) in [6, 6.07) is 0. The molecule has 0 spiro atoms. The molecule has 6 heteroatoms. The van der Waals surface area contributed by atoms with Crippen LogP contribution < -0.4 is 0 Å². The number of carbonyl (C=O) groups is 1. The van der Waals surface area contributed by atoms with Crippen LogP contribution in [0.5, 0.6) is 0 Å². The van der Waals surface area contributed by atoms with Crippen molar-refractivity contribution in [2.45, 2.75) is 101 Å². The Morgan fingerprint density at radius 1 is 1.12 bits per heavy atom. The second-order valence-electron chi connectivity index (χ2n) is 7.68. The molecule has 0 bridgehead atoms. The molecule has 2 N–H and O–H groups in total. The van der Waals surface area contributed by atoms with E-state index >= 15 is 0 Å². The second kappa shape index (κ2) is 11.2. The summed E-state index contributed by atoms with van der Waals surface area (Å²) in [5.74, 6) is -0.306. The lowest BCUT2D eigenvalue weighted by molar-refractivity contribution is -0.241. The molecule has 0 aromatic heterocycles. The quantitative estimate of drug-likeness (QED) is 0.382. The molecule has 2 aliphatic rings. The van der Waals surface area contributed by atoms with Crippen LogP contribution in [0.1, 0.15) is 77.6 Å². The molecule has 152 valence electrons. The minimum absolute atomic E-state index is 0.103. The van der Waals surface area contributed by atoms with Gasteiger partial charge in [0.05, 0.1) is 19.8 Å². The van der Waals surface area contributed by atoms with Gasteiger partial charge in [-0.25, -0.2) is 0 Å². The summed E-state index contributed by atoms with van der Waals surface area (Å²) in [5, 5.41) is 19.7.